The molecule has 0 spiro atoms. The molecule has 1 N–H and O–H groups in total. The zero-order valence-electron chi connectivity index (χ0n) is 24.4. The number of rotatable bonds is 8. The Morgan fingerprint density at radius 1 is 1.00 bits per heavy atom. The number of hydrogen-bond donors (Lipinski definition) is 1. The smallest absolute Gasteiger partial charge is 0.430 e. The van der Waals surface area contributed by atoms with Crippen molar-refractivity contribution in [2.45, 2.75) is 62.8 Å². The van der Waals surface area contributed by atoms with Crippen molar-refractivity contribution in [1.29, 1.82) is 0 Å². The van der Waals surface area contributed by atoms with E-state index in [1.807, 2.05) is 6.07 Å². The lowest BCUT2D eigenvalue weighted by molar-refractivity contribution is -0.262. The Bertz CT molecular complexity index is 1320. The molecular weight excluding hydrogens is 585 g/mol. The highest BCUT2D eigenvalue weighted by Crippen LogP contribution is 2.43. The molecule has 3 aliphatic rings. The molecule has 0 radical (unpaired) electrons. The molecule has 1 atom stereocenters. The molecule has 1 aromatic carbocycles. The van der Waals surface area contributed by atoms with E-state index in [2.05, 4.69) is 9.88 Å². The van der Waals surface area contributed by atoms with Crippen LogP contribution >= 0.6 is 11.6 Å². The standard InChI is InChI=1S/C31H38ClF3N4O4/c1-37(2)28(40)25-8-9-26(36-27(25)32)38-14-10-20(11-15-38)18-21-12-16-39(17-13-21)29(41)30(42,31(33,34)35)22-4-3-5-24(19-22)43-23-6-7-23/h3-5,8-9,19-21,23,42H,6-7,10-18H2,1-2H3. The number of piperidine rings is 2. The van der Waals surface area contributed by atoms with Gasteiger partial charge in [-0.2, -0.15) is 13.2 Å². The first-order valence-electron chi connectivity index (χ1n) is 14.9. The highest BCUT2D eigenvalue weighted by atomic mass is 35.5. The van der Waals surface area contributed by atoms with E-state index in [1.54, 1.807) is 20.2 Å². The van der Waals surface area contributed by atoms with Gasteiger partial charge in [0, 0.05) is 45.8 Å². The van der Waals surface area contributed by atoms with Crippen molar-refractivity contribution in [3.8, 4) is 5.75 Å². The van der Waals surface area contributed by atoms with Crippen molar-refractivity contribution in [3.05, 3.63) is 52.7 Å². The largest absolute Gasteiger partial charge is 0.490 e. The fourth-order valence-electron chi connectivity index (χ4n) is 6.05. The van der Waals surface area contributed by atoms with Crippen LogP contribution in [0.5, 0.6) is 5.75 Å². The predicted molar refractivity (Wildman–Crippen MR) is 156 cm³/mol. The Morgan fingerprint density at radius 3 is 2.19 bits per heavy atom. The van der Waals surface area contributed by atoms with Crippen LogP contribution in [-0.4, -0.2) is 84.3 Å². The molecule has 1 aliphatic carbocycles. The van der Waals surface area contributed by atoms with Gasteiger partial charge >= 0.3 is 6.18 Å². The first-order chi connectivity index (χ1) is 20.4. The molecule has 1 aromatic heterocycles. The van der Waals surface area contributed by atoms with Gasteiger partial charge in [-0.05, 0) is 81.0 Å². The molecule has 2 saturated heterocycles. The molecule has 2 aliphatic heterocycles. The van der Waals surface area contributed by atoms with Gasteiger partial charge in [0.25, 0.3) is 17.4 Å². The lowest BCUT2D eigenvalue weighted by Gasteiger charge is -2.40. The zero-order chi connectivity index (χ0) is 30.9. The lowest BCUT2D eigenvalue weighted by Crippen LogP contribution is -2.57. The maximum Gasteiger partial charge on any atom is 0.430 e. The van der Waals surface area contributed by atoms with Crippen LogP contribution in [0.2, 0.25) is 5.15 Å². The monoisotopic (exact) mass is 622 g/mol. The molecule has 1 saturated carbocycles. The van der Waals surface area contributed by atoms with Crippen molar-refractivity contribution >= 4 is 29.2 Å². The van der Waals surface area contributed by atoms with Gasteiger partial charge in [0.1, 0.15) is 16.7 Å². The molecule has 5 rings (SSSR count). The van der Waals surface area contributed by atoms with Crippen LogP contribution in [0, 0.1) is 11.8 Å². The molecular formula is C31H38ClF3N4O4. The molecule has 43 heavy (non-hydrogen) atoms. The molecule has 2 amide bonds. The van der Waals surface area contributed by atoms with Crippen molar-refractivity contribution in [2.75, 3.05) is 45.2 Å². The highest BCUT2D eigenvalue weighted by Gasteiger charge is 2.62. The Morgan fingerprint density at radius 2 is 1.63 bits per heavy atom. The van der Waals surface area contributed by atoms with E-state index in [0.29, 0.717) is 30.2 Å². The number of alkyl halides is 3. The number of likely N-dealkylation sites (tertiary alicyclic amines) is 1. The van der Waals surface area contributed by atoms with E-state index >= 15 is 0 Å². The molecule has 12 heteroatoms. The fourth-order valence-corrected chi connectivity index (χ4v) is 6.28. The summed E-state index contributed by atoms with van der Waals surface area (Å²) in [5, 5.41) is 11.1. The van der Waals surface area contributed by atoms with Crippen molar-refractivity contribution in [2.24, 2.45) is 11.8 Å². The van der Waals surface area contributed by atoms with E-state index in [4.69, 9.17) is 16.3 Å². The number of amides is 2. The summed E-state index contributed by atoms with van der Waals surface area (Å²) in [6, 6.07) is 8.69. The first-order valence-corrected chi connectivity index (χ1v) is 15.2. The minimum atomic E-state index is -5.19. The fraction of sp³-hybridized carbons (Fsp3) is 0.581. The summed E-state index contributed by atoms with van der Waals surface area (Å²) in [6.45, 7) is 1.90. The van der Waals surface area contributed by atoms with E-state index in [9.17, 15) is 27.9 Å². The third-order valence-electron chi connectivity index (χ3n) is 8.78. The summed E-state index contributed by atoms with van der Waals surface area (Å²) in [4.78, 5) is 34.7. The van der Waals surface area contributed by atoms with Crippen LogP contribution in [0.3, 0.4) is 0 Å². The van der Waals surface area contributed by atoms with Gasteiger partial charge in [-0.25, -0.2) is 4.98 Å². The summed E-state index contributed by atoms with van der Waals surface area (Å²) in [5.74, 6) is 0.155. The van der Waals surface area contributed by atoms with Crippen molar-refractivity contribution < 1.29 is 32.6 Å². The molecule has 2 aromatic rings. The second kappa shape index (κ2) is 12.5. The number of anilines is 1. The first kappa shape index (κ1) is 31.4. The van der Waals surface area contributed by atoms with E-state index in [1.165, 1.54) is 17.0 Å². The topological polar surface area (TPSA) is 86.2 Å². The summed E-state index contributed by atoms with van der Waals surface area (Å²) in [7, 11) is 3.32. The minimum absolute atomic E-state index is 0.0297. The van der Waals surface area contributed by atoms with E-state index in [-0.39, 0.29) is 36.0 Å². The van der Waals surface area contributed by atoms with Gasteiger partial charge in [-0.15, -0.1) is 0 Å². The van der Waals surface area contributed by atoms with Gasteiger partial charge in [-0.1, -0.05) is 23.7 Å². The van der Waals surface area contributed by atoms with Crippen LogP contribution in [0.1, 0.15) is 60.9 Å². The number of nitrogens with zero attached hydrogens (tertiary/aromatic N) is 4. The average molecular weight is 623 g/mol. The van der Waals surface area contributed by atoms with Crippen LogP contribution in [-0.2, 0) is 10.4 Å². The molecule has 8 nitrogen and oxygen atoms in total. The summed E-state index contributed by atoms with van der Waals surface area (Å²) in [5.41, 5.74) is -3.79. The lowest BCUT2D eigenvalue weighted by atomic mass is 9.82. The average Bonchev–Trinajstić information content (AvgIpc) is 3.80. The predicted octanol–water partition coefficient (Wildman–Crippen LogP) is 5.27. The summed E-state index contributed by atoms with van der Waals surface area (Å²) < 4.78 is 48.5. The number of aromatic nitrogens is 1. The highest BCUT2D eigenvalue weighted by molar-refractivity contribution is 6.32. The second-order valence-electron chi connectivity index (χ2n) is 12.2. The molecule has 3 fully saturated rings. The number of hydrogen-bond acceptors (Lipinski definition) is 6. The zero-order valence-corrected chi connectivity index (χ0v) is 25.2. The van der Waals surface area contributed by atoms with Gasteiger partial charge < -0.3 is 24.5 Å². The van der Waals surface area contributed by atoms with Gasteiger partial charge in [0.15, 0.2) is 0 Å². The summed E-state index contributed by atoms with van der Waals surface area (Å²) >= 11 is 6.30. The van der Waals surface area contributed by atoms with Crippen molar-refractivity contribution in [3.63, 3.8) is 0 Å². The minimum Gasteiger partial charge on any atom is -0.490 e. The number of benzene rings is 1. The quantitative estimate of drug-likeness (QED) is 0.404. The third-order valence-corrected chi connectivity index (χ3v) is 9.06. The Hall–Kier alpha value is -3.05. The normalized spacial score (nSPS) is 20.1. The summed E-state index contributed by atoms with van der Waals surface area (Å²) in [6.07, 6.45) is 0.430. The van der Waals surface area contributed by atoms with Crippen LogP contribution in [0.25, 0.3) is 0 Å². The molecule has 1 unspecified atom stereocenters. The van der Waals surface area contributed by atoms with Crippen molar-refractivity contribution in [1.82, 2.24) is 14.8 Å². The molecule has 3 heterocycles. The van der Waals surface area contributed by atoms with Crippen LogP contribution in [0.4, 0.5) is 19.0 Å². The SMILES string of the molecule is CN(C)C(=O)c1ccc(N2CCC(CC3CCN(C(=O)C(O)(c4cccc(OC5CC5)c4)C(F)(F)F)CC3)CC2)nc1Cl. The Labute approximate surface area is 254 Å². The Kier molecular flexibility index (Phi) is 9.13. The Balaban J connectivity index is 1.14. The van der Waals surface area contributed by atoms with Crippen LogP contribution < -0.4 is 9.64 Å². The van der Waals surface area contributed by atoms with E-state index < -0.39 is 23.2 Å². The maximum atomic E-state index is 14.3. The van der Waals surface area contributed by atoms with Gasteiger partial charge in [-0.3, -0.25) is 9.59 Å². The van der Waals surface area contributed by atoms with Gasteiger partial charge in [0.05, 0.1) is 11.7 Å². The molecule has 0 bridgehead atoms. The number of aliphatic hydroxyl groups is 1. The van der Waals surface area contributed by atoms with Crippen LogP contribution in [0.15, 0.2) is 36.4 Å². The maximum absolute atomic E-state index is 14.3. The number of carbonyl (C=O) groups excluding carboxylic acids is 2. The third kappa shape index (κ3) is 6.87. The number of halogens is 4. The number of ether oxygens (including phenoxy) is 1. The van der Waals surface area contributed by atoms with E-state index in [0.717, 1.165) is 68.0 Å². The van der Waals surface area contributed by atoms with Gasteiger partial charge in [0.2, 0.25) is 0 Å². The second-order valence-corrected chi connectivity index (χ2v) is 12.5. The number of pyridine rings is 1. The number of carbonyl (C=O) groups is 2. The molecule has 234 valence electrons.